The van der Waals surface area contributed by atoms with Gasteiger partial charge in [-0.25, -0.2) is 17.2 Å². The largest absolute Gasteiger partial charge is 0.288 e. The summed E-state index contributed by atoms with van der Waals surface area (Å²) in [7, 11) is -4.10. The first-order valence-corrected chi connectivity index (χ1v) is 8.17. The predicted octanol–water partition coefficient (Wildman–Crippen LogP) is 4.08. The molecule has 0 spiro atoms. The molecule has 0 saturated heterocycles. The van der Waals surface area contributed by atoms with E-state index in [1.165, 1.54) is 24.3 Å². The van der Waals surface area contributed by atoms with E-state index < -0.39 is 32.3 Å². The molecule has 2 aromatic carbocycles. The number of anilines is 1. The van der Waals surface area contributed by atoms with Gasteiger partial charge in [0, 0.05) is 10.6 Å². The smallest absolute Gasteiger partial charge is 0.280 e. The average molecular weight is 351 g/mol. The fourth-order valence-corrected chi connectivity index (χ4v) is 3.13. The monoisotopic (exact) mass is 351 g/mol. The molecule has 0 aromatic heterocycles. The molecule has 3 nitrogen and oxygen atoms in total. The van der Waals surface area contributed by atoms with Gasteiger partial charge in [0.25, 0.3) is 15.8 Å². The second-order valence-corrected chi connectivity index (χ2v) is 6.83. The zero-order chi connectivity index (χ0) is 16.3. The van der Waals surface area contributed by atoms with Crippen LogP contribution in [-0.2, 0) is 10.0 Å². The van der Waals surface area contributed by atoms with E-state index in [-0.39, 0.29) is 10.6 Å². The molecule has 0 saturated carbocycles. The van der Waals surface area contributed by atoms with Crippen molar-refractivity contribution in [3.63, 3.8) is 0 Å². The van der Waals surface area contributed by atoms with Crippen molar-refractivity contribution >= 4 is 27.5 Å². The molecule has 0 atom stereocenters. The molecule has 0 aliphatic heterocycles. The molecular formula is C13H9F4NO2S2. The van der Waals surface area contributed by atoms with Crippen molar-refractivity contribution in [2.45, 2.75) is 15.5 Å². The summed E-state index contributed by atoms with van der Waals surface area (Å²) in [5.41, 5.74) is 0.114. The molecule has 2 rings (SSSR count). The zero-order valence-electron chi connectivity index (χ0n) is 10.8. The lowest BCUT2D eigenvalue weighted by Gasteiger charge is -2.09. The highest BCUT2D eigenvalue weighted by Gasteiger charge is 2.16. The van der Waals surface area contributed by atoms with Gasteiger partial charge in [-0.3, -0.25) is 4.72 Å². The van der Waals surface area contributed by atoms with Crippen molar-refractivity contribution in [1.29, 1.82) is 0 Å². The van der Waals surface area contributed by atoms with Gasteiger partial charge in [-0.2, -0.15) is 8.78 Å². The SMILES string of the molecule is O=S(=O)(Nc1ccc(SC(F)F)cc1)c1ccc(F)c(F)c1. The Morgan fingerprint density at radius 3 is 2.14 bits per heavy atom. The van der Waals surface area contributed by atoms with Crippen molar-refractivity contribution in [3.8, 4) is 0 Å². The van der Waals surface area contributed by atoms with E-state index >= 15 is 0 Å². The minimum atomic E-state index is -4.10. The molecule has 0 unspecified atom stereocenters. The fourth-order valence-electron chi connectivity index (χ4n) is 1.56. The van der Waals surface area contributed by atoms with Crippen LogP contribution < -0.4 is 4.72 Å². The third-order valence-electron chi connectivity index (χ3n) is 2.53. The molecule has 0 bridgehead atoms. The average Bonchev–Trinajstić information content (AvgIpc) is 2.43. The first-order valence-electron chi connectivity index (χ1n) is 5.81. The van der Waals surface area contributed by atoms with Gasteiger partial charge in [0.1, 0.15) is 0 Å². The Labute approximate surface area is 128 Å². The first-order chi connectivity index (χ1) is 10.3. The van der Waals surface area contributed by atoms with Crippen LogP contribution in [0.4, 0.5) is 23.2 Å². The van der Waals surface area contributed by atoms with E-state index in [1.54, 1.807) is 0 Å². The van der Waals surface area contributed by atoms with Crippen LogP contribution in [-0.4, -0.2) is 14.2 Å². The Morgan fingerprint density at radius 1 is 0.955 bits per heavy atom. The van der Waals surface area contributed by atoms with Crippen LogP contribution in [0.15, 0.2) is 52.3 Å². The molecule has 0 aliphatic carbocycles. The number of sulfonamides is 1. The van der Waals surface area contributed by atoms with Crippen LogP contribution in [0.2, 0.25) is 0 Å². The number of nitrogens with one attached hydrogen (secondary N) is 1. The minimum Gasteiger partial charge on any atom is -0.280 e. The fraction of sp³-hybridized carbons (Fsp3) is 0.0769. The number of hydrogen-bond donors (Lipinski definition) is 1. The summed E-state index contributed by atoms with van der Waals surface area (Å²) >= 11 is 0.323. The molecule has 0 amide bonds. The van der Waals surface area contributed by atoms with Gasteiger partial charge in [-0.15, -0.1) is 0 Å². The third kappa shape index (κ3) is 4.14. The van der Waals surface area contributed by atoms with Gasteiger partial charge in [-0.05, 0) is 42.5 Å². The summed E-state index contributed by atoms with van der Waals surface area (Å²) < 4.78 is 76.4. The molecule has 118 valence electrons. The van der Waals surface area contributed by atoms with Crippen molar-refractivity contribution < 1.29 is 26.0 Å². The predicted molar refractivity (Wildman–Crippen MR) is 75.5 cm³/mol. The normalized spacial score (nSPS) is 11.7. The van der Waals surface area contributed by atoms with E-state index in [0.717, 1.165) is 6.07 Å². The van der Waals surface area contributed by atoms with Crippen molar-refractivity contribution in [2.75, 3.05) is 4.72 Å². The number of alkyl halides is 2. The van der Waals surface area contributed by atoms with E-state index in [2.05, 4.69) is 4.72 Å². The van der Waals surface area contributed by atoms with Crippen molar-refractivity contribution in [2.24, 2.45) is 0 Å². The molecule has 9 heteroatoms. The number of halogens is 4. The molecule has 0 heterocycles. The molecule has 22 heavy (non-hydrogen) atoms. The van der Waals surface area contributed by atoms with E-state index in [0.29, 0.717) is 23.9 Å². The summed E-state index contributed by atoms with van der Waals surface area (Å²) in [6.07, 6.45) is 0. The van der Waals surface area contributed by atoms with Crippen LogP contribution in [0.5, 0.6) is 0 Å². The number of hydrogen-bond acceptors (Lipinski definition) is 3. The summed E-state index contributed by atoms with van der Waals surface area (Å²) in [6.45, 7) is 0. The van der Waals surface area contributed by atoms with Gasteiger partial charge < -0.3 is 0 Å². The van der Waals surface area contributed by atoms with E-state index in [9.17, 15) is 26.0 Å². The lowest BCUT2D eigenvalue weighted by Crippen LogP contribution is -2.13. The Bertz CT molecular complexity index is 764. The summed E-state index contributed by atoms with van der Waals surface area (Å²) in [6, 6.07) is 7.40. The lowest BCUT2D eigenvalue weighted by atomic mass is 10.3. The number of thioether (sulfide) groups is 1. The number of benzene rings is 2. The molecule has 0 fully saturated rings. The second kappa shape index (κ2) is 6.57. The third-order valence-corrected chi connectivity index (χ3v) is 4.63. The number of rotatable bonds is 5. The molecule has 0 radical (unpaired) electrons. The maximum Gasteiger partial charge on any atom is 0.288 e. The minimum absolute atomic E-state index is 0.114. The maximum absolute atomic E-state index is 13.1. The quantitative estimate of drug-likeness (QED) is 0.652. The van der Waals surface area contributed by atoms with Crippen LogP contribution in [0.25, 0.3) is 0 Å². The van der Waals surface area contributed by atoms with Gasteiger partial charge in [0.2, 0.25) is 0 Å². The Hall–Kier alpha value is -1.74. The van der Waals surface area contributed by atoms with Crippen molar-refractivity contribution in [3.05, 3.63) is 54.1 Å². The lowest BCUT2D eigenvalue weighted by molar-refractivity contribution is 0.252. The second-order valence-electron chi connectivity index (χ2n) is 4.08. The van der Waals surface area contributed by atoms with Gasteiger partial charge in [0.15, 0.2) is 11.6 Å². The summed E-state index contributed by atoms with van der Waals surface area (Å²) in [4.78, 5) is -0.178. The van der Waals surface area contributed by atoms with Gasteiger partial charge >= 0.3 is 0 Å². The standard InChI is InChI=1S/C13H9F4NO2S2/c14-11-6-5-10(7-12(11)15)22(19,20)18-8-1-3-9(4-2-8)21-13(16)17/h1-7,13,18H. The van der Waals surface area contributed by atoms with Crippen molar-refractivity contribution in [1.82, 2.24) is 0 Å². The van der Waals surface area contributed by atoms with Crippen LogP contribution in [0, 0.1) is 11.6 Å². The molecule has 2 aromatic rings. The maximum atomic E-state index is 13.1. The van der Waals surface area contributed by atoms with Crippen LogP contribution in [0.3, 0.4) is 0 Å². The highest BCUT2D eigenvalue weighted by atomic mass is 32.2. The molecular weight excluding hydrogens is 342 g/mol. The van der Waals surface area contributed by atoms with Gasteiger partial charge in [0.05, 0.1) is 4.90 Å². The highest BCUT2D eigenvalue weighted by molar-refractivity contribution is 7.99. The summed E-state index contributed by atoms with van der Waals surface area (Å²) in [5.74, 6) is -5.02. The molecule has 1 N–H and O–H groups in total. The Kier molecular flexibility index (Phi) is 4.97. The van der Waals surface area contributed by atoms with Gasteiger partial charge in [-0.1, -0.05) is 11.8 Å². The van der Waals surface area contributed by atoms with E-state index in [4.69, 9.17) is 0 Å². The summed E-state index contributed by atoms with van der Waals surface area (Å²) in [5, 5.41) is 0. The highest BCUT2D eigenvalue weighted by Crippen LogP contribution is 2.27. The topological polar surface area (TPSA) is 46.2 Å². The van der Waals surface area contributed by atoms with Crippen LogP contribution in [0.1, 0.15) is 0 Å². The zero-order valence-corrected chi connectivity index (χ0v) is 12.4. The van der Waals surface area contributed by atoms with E-state index in [1.807, 2.05) is 0 Å². The van der Waals surface area contributed by atoms with Crippen LogP contribution >= 0.6 is 11.8 Å². The Balaban J connectivity index is 2.19. The Morgan fingerprint density at radius 2 is 1.59 bits per heavy atom. The first kappa shape index (κ1) is 16.6. The molecule has 0 aliphatic rings.